The van der Waals surface area contributed by atoms with Crippen LogP contribution in [0.4, 0.5) is 4.79 Å². The Morgan fingerprint density at radius 3 is 2.41 bits per heavy atom. The molecule has 1 amide bonds. The second kappa shape index (κ2) is 6.59. The molecule has 98 valence electrons. The molecule has 0 N–H and O–H groups in total. The number of hydrogen-bond acceptors (Lipinski definition) is 4. The molecule has 0 atom stereocenters. The largest absolute Gasteiger partial charge is 0.441 e. The van der Waals surface area contributed by atoms with Crippen LogP contribution in [0.3, 0.4) is 0 Å². The van der Waals surface area contributed by atoms with Gasteiger partial charge in [-0.05, 0) is 33.4 Å². The highest BCUT2D eigenvalue weighted by molar-refractivity contribution is 5.79. The molecule has 0 saturated carbocycles. The van der Waals surface area contributed by atoms with Crippen LogP contribution >= 0.6 is 0 Å². The fourth-order valence-corrected chi connectivity index (χ4v) is 2.00. The molecule has 5 heteroatoms. The highest BCUT2D eigenvalue weighted by Gasteiger charge is 2.25. The van der Waals surface area contributed by atoms with Crippen molar-refractivity contribution in [3.8, 4) is 0 Å². The summed E-state index contributed by atoms with van der Waals surface area (Å²) in [5.74, 6) is -0.126. The quantitative estimate of drug-likeness (QED) is 0.741. The molecule has 0 unspecified atom stereocenters. The summed E-state index contributed by atoms with van der Waals surface area (Å²) < 4.78 is 4.89. The van der Waals surface area contributed by atoms with E-state index in [2.05, 4.69) is 18.9 Å². The highest BCUT2D eigenvalue weighted by Crippen LogP contribution is 2.15. The molecule has 1 rings (SSSR count). The molecule has 0 radical (unpaired) electrons. The van der Waals surface area contributed by atoms with Gasteiger partial charge in [-0.2, -0.15) is 0 Å². The number of carbonyl (C=O) groups is 2. The number of piperidine rings is 1. The second-order valence-corrected chi connectivity index (χ2v) is 4.55. The van der Waals surface area contributed by atoms with E-state index in [1.54, 1.807) is 4.90 Å². The van der Waals surface area contributed by atoms with E-state index >= 15 is 0 Å². The van der Waals surface area contributed by atoms with Gasteiger partial charge in [-0.25, -0.2) is 4.79 Å². The molecule has 1 heterocycles. The maximum atomic E-state index is 11.6. The van der Waals surface area contributed by atoms with Crippen LogP contribution < -0.4 is 0 Å². The standard InChI is InChI=1S/C12H22N2O3/c1-4-13(3)11-5-7-14(8-6-11)12(16)17-9-10(2)15/h11H,4-9H2,1-3H3. The van der Waals surface area contributed by atoms with Gasteiger partial charge in [0.25, 0.3) is 0 Å². The number of hydrogen-bond donors (Lipinski definition) is 0. The smallest absolute Gasteiger partial charge is 0.410 e. The molecule has 17 heavy (non-hydrogen) atoms. The number of rotatable bonds is 4. The van der Waals surface area contributed by atoms with E-state index in [1.807, 2.05) is 0 Å². The van der Waals surface area contributed by atoms with Crippen LogP contribution in [0.5, 0.6) is 0 Å². The normalized spacial score (nSPS) is 17.3. The number of nitrogens with zero attached hydrogens (tertiary/aromatic N) is 2. The van der Waals surface area contributed by atoms with Crippen molar-refractivity contribution < 1.29 is 14.3 Å². The zero-order valence-electron chi connectivity index (χ0n) is 10.9. The number of ketones is 1. The summed E-state index contributed by atoms with van der Waals surface area (Å²) >= 11 is 0. The van der Waals surface area contributed by atoms with Crippen molar-refractivity contribution in [3.63, 3.8) is 0 Å². The maximum absolute atomic E-state index is 11.6. The summed E-state index contributed by atoms with van der Waals surface area (Å²) in [5.41, 5.74) is 0. The summed E-state index contributed by atoms with van der Waals surface area (Å²) in [5, 5.41) is 0. The van der Waals surface area contributed by atoms with Gasteiger partial charge >= 0.3 is 6.09 Å². The molecule has 1 saturated heterocycles. The summed E-state index contributed by atoms with van der Waals surface area (Å²) in [7, 11) is 2.11. The third kappa shape index (κ3) is 4.34. The average molecular weight is 242 g/mol. The fraction of sp³-hybridized carbons (Fsp3) is 0.833. The van der Waals surface area contributed by atoms with Crippen molar-refractivity contribution in [2.75, 3.05) is 33.3 Å². The Bertz CT molecular complexity index is 273. The molecule has 0 aromatic carbocycles. The molecule has 0 aromatic heterocycles. The number of amides is 1. The van der Waals surface area contributed by atoms with E-state index in [1.165, 1.54) is 6.92 Å². The first kappa shape index (κ1) is 14.0. The summed E-state index contributed by atoms with van der Waals surface area (Å²) in [6.45, 7) is 5.88. The van der Waals surface area contributed by atoms with Gasteiger partial charge in [-0.15, -0.1) is 0 Å². The summed E-state index contributed by atoms with van der Waals surface area (Å²) in [4.78, 5) is 26.3. The van der Waals surface area contributed by atoms with Gasteiger partial charge in [0.05, 0.1) is 0 Å². The van der Waals surface area contributed by atoms with Crippen LogP contribution in [0.25, 0.3) is 0 Å². The Balaban J connectivity index is 2.31. The molecule has 0 aromatic rings. The van der Waals surface area contributed by atoms with Crippen molar-refractivity contribution >= 4 is 11.9 Å². The van der Waals surface area contributed by atoms with Gasteiger partial charge in [0, 0.05) is 19.1 Å². The van der Waals surface area contributed by atoms with E-state index < -0.39 is 0 Å². The maximum Gasteiger partial charge on any atom is 0.410 e. The second-order valence-electron chi connectivity index (χ2n) is 4.55. The van der Waals surface area contributed by atoms with Gasteiger partial charge in [0.1, 0.15) is 0 Å². The molecular weight excluding hydrogens is 220 g/mol. The lowest BCUT2D eigenvalue weighted by Crippen LogP contribution is -2.45. The Labute approximate surface area is 103 Å². The van der Waals surface area contributed by atoms with Crippen LogP contribution in [-0.2, 0) is 9.53 Å². The molecule has 1 aliphatic rings. The number of ether oxygens (including phenoxy) is 1. The zero-order valence-corrected chi connectivity index (χ0v) is 10.9. The van der Waals surface area contributed by atoms with Crippen molar-refractivity contribution in [3.05, 3.63) is 0 Å². The summed E-state index contributed by atoms with van der Waals surface area (Å²) in [6, 6.07) is 0.553. The van der Waals surface area contributed by atoms with Crippen LogP contribution in [0.1, 0.15) is 26.7 Å². The number of likely N-dealkylation sites (tertiary alicyclic amines) is 1. The van der Waals surface area contributed by atoms with Crippen LogP contribution in [-0.4, -0.2) is 61.0 Å². The van der Waals surface area contributed by atoms with Crippen molar-refractivity contribution in [1.82, 2.24) is 9.80 Å². The lowest BCUT2D eigenvalue weighted by molar-refractivity contribution is -0.120. The molecular formula is C12H22N2O3. The molecule has 0 bridgehead atoms. The first-order valence-electron chi connectivity index (χ1n) is 6.16. The molecule has 1 aliphatic heterocycles. The molecule has 0 aliphatic carbocycles. The zero-order chi connectivity index (χ0) is 12.8. The van der Waals surface area contributed by atoms with Gasteiger partial charge in [-0.1, -0.05) is 6.92 Å². The molecule has 5 nitrogen and oxygen atoms in total. The SMILES string of the molecule is CCN(C)C1CCN(C(=O)OCC(C)=O)CC1. The van der Waals surface area contributed by atoms with E-state index in [9.17, 15) is 9.59 Å². The fourth-order valence-electron chi connectivity index (χ4n) is 2.00. The Kier molecular flexibility index (Phi) is 5.41. The van der Waals surface area contributed by atoms with Crippen LogP contribution in [0.15, 0.2) is 0 Å². The molecule has 1 fully saturated rings. The number of Topliss-reactive ketones (excluding diaryl/α,β-unsaturated/α-hetero) is 1. The van der Waals surface area contributed by atoms with Gasteiger partial charge in [0.2, 0.25) is 0 Å². The van der Waals surface area contributed by atoms with Gasteiger partial charge in [0.15, 0.2) is 12.4 Å². The Morgan fingerprint density at radius 1 is 1.35 bits per heavy atom. The van der Waals surface area contributed by atoms with E-state index in [4.69, 9.17) is 4.74 Å². The molecule has 0 spiro atoms. The van der Waals surface area contributed by atoms with E-state index in [0.29, 0.717) is 19.1 Å². The van der Waals surface area contributed by atoms with Crippen molar-refractivity contribution in [1.29, 1.82) is 0 Å². The van der Waals surface area contributed by atoms with Crippen molar-refractivity contribution in [2.45, 2.75) is 32.7 Å². The average Bonchev–Trinajstić information content (AvgIpc) is 2.35. The minimum atomic E-state index is -0.363. The van der Waals surface area contributed by atoms with Crippen LogP contribution in [0, 0.1) is 0 Å². The lowest BCUT2D eigenvalue weighted by atomic mass is 10.0. The van der Waals surface area contributed by atoms with Gasteiger partial charge in [-0.3, -0.25) is 4.79 Å². The number of carbonyl (C=O) groups excluding carboxylic acids is 2. The highest BCUT2D eigenvalue weighted by atomic mass is 16.6. The summed E-state index contributed by atoms with van der Waals surface area (Å²) in [6.07, 6.45) is 1.58. The monoisotopic (exact) mass is 242 g/mol. The van der Waals surface area contributed by atoms with Gasteiger partial charge < -0.3 is 14.5 Å². The van der Waals surface area contributed by atoms with Crippen LogP contribution in [0.2, 0.25) is 0 Å². The third-order valence-corrected chi connectivity index (χ3v) is 3.24. The Morgan fingerprint density at radius 2 is 1.94 bits per heavy atom. The lowest BCUT2D eigenvalue weighted by Gasteiger charge is -2.35. The topological polar surface area (TPSA) is 49.9 Å². The predicted molar refractivity (Wildman–Crippen MR) is 64.9 cm³/mol. The van der Waals surface area contributed by atoms with E-state index in [0.717, 1.165) is 19.4 Å². The minimum Gasteiger partial charge on any atom is -0.441 e. The minimum absolute atomic E-state index is 0.117. The van der Waals surface area contributed by atoms with Crippen molar-refractivity contribution in [2.24, 2.45) is 0 Å². The Hall–Kier alpha value is -1.10. The predicted octanol–water partition coefficient (Wildman–Crippen LogP) is 1.13. The first-order chi connectivity index (χ1) is 8.04. The van der Waals surface area contributed by atoms with E-state index in [-0.39, 0.29) is 18.5 Å². The third-order valence-electron chi connectivity index (χ3n) is 3.24. The first-order valence-corrected chi connectivity index (χ1v) is 6.16.